The summed E-state index contributed by atoms with van der Waals surface area (Å²) in [6.45, 7) is 1.95. The van der Waals surface area contributed by atoms with Crippen LogP contribution in [0.25, 0.3) is 0 Å². The van der Waals surface area contributed by atoms with E-state index in [-0.39, 0.29) is 17.7 Å². The molecule has 0 bridgehead atoms. The molecular formula is C20H19IN2O3. The molecule has 1 saturated heterocycles. The van der Waals surface area contributed by atoms with Crippen LogP contribution in [0.1, 0.15) is 42.1 Å². The molecule has 2 N–H and O–H groups in total. The molecule has 134 valence electrons. The zero-order chi connectivity index (χ0) is 18.7. The van der Waals surface area contributed by atoms with E-state index in [9.17, 15) is 14.4 Å². The van der Waals surface area contributed by atoms with Crippen molar-refractivity contribution in [2.24, 2.45) is 0 Å². The van der Waals surface area contributed by atoms with Crippen LogP contribution in [0.15, 0.2) is 48.5 Å². The van der Waals surface area contributed by atoms with Gasteiger partial charge in [0.25, 0.3) is 5.91 Å². The van der Waals surface area contributed by atoms with Crippen LogP contribution in [-0.2, 0) is 15.0 Å². The molecule has 0 saturated carbocycles. The Hall–Kier alpha value is -2.22. The predicted molar refractivity (Wildman–Crippen MR) is 108 cm³/mol. The Kier molecular flexibility index (Phi) is 5.41. The lowest BCUT2D eigenvalue weighted by Gasteiger charge is -2.35. The van der Waals surface area contributed by atoms with Crippen molar-refractivity contribution in [2.75, 3.05) is 5.32 Å². The van der Waals surface area contributed by atoms with Crippen LogP contribution in [0, 0.1) is 3.57 Å². The summed E-state index contributed by atoms with van der Waals surface area (Å²) in [6, 6.07) is 14.6. The van der Waals surface area contributed by atoms with Gasteiger partial charge in [0.1, 0.15) is 0 Å². The van der Waals surface area contributed by atoms with Gasteiger partial charge in [0, 0.05) is 21.2 Å². The van der Waals surface area contributed by atoms with Crippen molar-refractivity contribution in [3.8, 4) is 0 Å². The maximum absolute atomic E-state index is 12.4. The van der Waals surface area contributed by atoms with Crippen LogP contribution < -0.4 is 10.6 Å². The monoisotopic (exact) mass is 462 g/mol. The van der Waals surface area contributed by atoms with Gasteiger partial charge in [-0.05, 0) is 77.4 Å². The maximum Gasteiger partial charge on any atom is 0.255 e. The molecule has 0 aliphatic carbocycles. The summed E-state index contributed by atoms with van der Waals surface area (Å²) in [4.78, 5) is 36.2. The van der Waals surface area contributed by atoms with Gasteiger partial charge in [-0.1, -0.05) is 19.1 Å². The van der Waals surface area contributed by atoms with Crippen LogP contribution in [0.2, 0.25) is 0 Å². The van der Waals surface area contributed by atoms with E-state index in [2.05, 4.69) is 33.2 Å². The SMILES string of the molecule is CCC1(c2ccc(NC(=O)c3ccc(I)cc3)cc2)CCC(=O)NC1=O. The lowest BCUT2D eigenvalue weighted by molar-refractivity contribution is -0.138. The lowest BCUT2D eigenvalue weighted by Crippen LogP contribution is -2.51. The summed E-state index contributed by atoms with van der Waals surface area (Å²) >= 11 is 2.19. The Morgan fingerprint density at radius 1 is 1.12 bits per heavy atom. The zero-order valence-corrected chi connectivity index (χ0v) is 16.5. The Morgan fingerprint density at radius 3 is 2.35 bits per heavy atom. The molecule has 1 unspecified atom stereocenters. The molecule has 0 aromatic heterocycles. The van der Waals surface area contributed by atoms with E-state index in [1.807, 2.05) is 31.2 Å². The van der Waals surface area contributed by atoms with Crippen LogP contribution in [-0.4, -0.2) is 17.7 Å². The topological polar surface area (TPSA) is 75.3 Å². The van der Waals surface area contributed by atoms with E-state index >= 15 is 0 Å². The number of nitrogens with one attached hydrogen (secondary N) is 2. The maximum atomic E-state index is 12.4. The van der Waals surface area contributed by atoms with Crippen molar-refractivity contribution >= 4 is 46.0 Å². The van der Waals surface area contributed by atoms with Gasteiger partial charge in [0.15, 0.2) is 0 Å². The quantitative estimate of drug-likeness (QED) is 0.539. The number of halogens is 1. The fourth-order valence-corrected chi connectivity index (χ4v) is 3.60. The van der Waals surface area contributed by atoms with Gasteiger partial charge in [0.05, 0.1) is 5.41 Å². The number of rotatable bonds is 4. The van der Waals surface area contributed by atoms with Crippen LogP contribution in [0.3, 0.4) is 0 Å². The third kappa shape index (κ3) is 3.65. The van der Waals surface area contributed by atoms with Crippen molar-refractivity contribution < 1.29 is 14.4 Å². The smallest absolute Gasteiger partial charge is 0.255 e. The number of hydrogen-bond donors (Lipinski definition) is 2. The minimum Gasteiger partial charge on any atom is -0.322 e. The summed E-state index contributed by atoms with van der Waals surface area (Å²) in [5.41, 5.74) is 1.42. The molecule has 1 aliphatic rings. The van der Waals surface area contributed by atoms with E-state index in [0.717, 1.165) is 9.13 Å². The molecule has 0 radical (unpaired) electrons. The van der Waals surface area contributed by atoms with E-state index in [1.165, 1.54) is 0 Å². The Bertz CT molecular complexity index is 846. The average Bonchev–Trinajstić information content (AvgIpc) is 2.64. The fraction of sp³-hybridized carbons (Fsp3) is 0.250. The number of carbonyl (C=O) groups is 3. The van der Waals surface area contributed by atoms with Gasteiger partial charge in [-0.25, -0.2) is 0 Å². The Labute approximate surface area is 165 Å². The van der Waals surface area contributed by atoms with Gasteiger partial charge in [-0.3, -0.25) is 19.7 Å². The van der Waals surface area contributed by atoms with E-state index in [4.69, 9.17) is 0 Å². The minimum atomic E-state index is -0.688. The van der Waals surface area contributed by atoms with Crippen LogP contribution in [0.4, 0.5) is 5.69 Å². The molecule has 0 spiro atoms. The fourth-order valence-electron chi connectivity index (χ4n) is 3.24. The second-order valence-corrected chi connectivity index (χ2v) is 7.60. The molecule has 1 heterocycles. The first-order chi connectivity index (χ1) is 12.4. The largest absolute Gasteiger partial charge is 0.322 e. The van der Waals surface area contributed by atoms with Gasteiger partial charge in [0.2, 0.25) is 11.8 Å². The molecule has 1 atom stereocenters. The molecule has 2 aromatic carbocycles. The van der Waals surface area contributed by atoms with E-state index in [1.54, 1.807) is 24.3 Å². The molecule has 1 aliphatic heterocycles. The highest BCUT2D eigenvalue weighted by atomic mass is 127. The summed E-state index contributed by atoms with van der Waals surface area (Å²) in [5, 5.41) is 5.30. The van der Waals surface area contributed by atoms with Gasteiger partial charge < -0.3 is 5.32 Å². The zero-order valence-electron chi connectivity index (χ0n) is 14.3. The first kappa shape index (κ1) is 18.6. The highest BCUT2D eigenvalue weighted by molar-refractivity contribution is 14.1. The highest BCUT2D eigenvalue weighted by Gasteiger charge is 2.42. The summed E-state index contributed by atoms with van der Waals surface area (Å²) in [5.74, 6) is -0.646. The lowest BCUT2D eigenvalue weighted by atomic mass is 9.72. The van der Waals surface area contributed by atoms with E-state index < -0.39 is 5.41 Å². The molecule has 26 heavy (non-hydrogen) atoms. The van der Waals surface area contributed by atoms with Gasteiger partial charge in [-0.2, -0.15) is 0 Å². The predicted octanol–water partition coefficient (Wildman–Crippen LogP) is 3.63. The summed E-state index contributed by atoms with van der Waals surface area (Å²) < 4.78 is 1.07. The number of hydrogen-bond acceptors (Lipinski definition) is 3. The van der Waals surface area contributed by atoms with Crippen LogP contribution >= 0.6 is 22.6 Å². The minimum absolute atomic E-state index is 0.180. The van der Waals surface area contributed by atoms with Crippen LogP contribution in [0.5, 0.6) is 0 Å². The third-order valence-corrected chi connectivity index (χ3v) is 5.59. The summed E-state index contributed by atoms with van der Waals surface area (Å²) in [7, 11) is 0. The molecule has 5 nitrogen and oxygen atoms in total. The molecule has 3 amide bonds. The van der Waals surface area contributed by atoms with Crippen molar-refractivity contribution in [1.82, 2.24) is 5.32 Å². The van der Waals surface area contributed by atoms with Crippen molar-refractivity contribution in [3.63, 3.8) is 0 Å². The molecular weight excluding hydrogens is 443 g/mol. The van der Waals surface area contributed by atoms with Crippen molar-refractivity contribution in [2.45, 2.75) is 31.6 Å². The first-order valence-electron chi connectivity index (χ1n) is 8.46. The molecule has 3 rings (SSSR count). The second-order valence-electron chi connectivity index (χ2n) is 6.35. The number of amides is 3. The number of anilines is 1. The molecule has 1 fully saturated rings. The summed E-state index contributed by atoms with van der Waals surface area (Å²) in [6.07, 6.45) is 1.45. The number of benzene rings is 2. The average molecular weight is 462 g/mol. The van der Waals surface area contributed by atoms with Gasteiger partial charge >= 0.3 is 0 Å². The number of carbonyl (C=O) groups excluding carboxylic acids is 3. The number of imide groups is 1. The van der Waals surface area contributed by atoms with Crippen molar-refractivity contribution in [1.29, 1.82) is 0 Å². The molecule has 2 aromatic rings. The standard InChI is InChI=1S/C20H19IN2O3/c1-2-20(12-11-17(24)23-19(20)26)14-5-9-16(10-6-14)22-18(25)13-3-7-15(21)8-4-13/h3-10H,2,11-12H2,1H3,(H,22,25)(H,23,24,26). The van der Waals surface area contributed by atoms with Crippen molar-refractivity contribution in [3.05, 3.63) is 63.2 Å². The third-order valence-electron chi connectivity index (χ3n) is 4.87. The van der Waals surface area contributed by atoms with E-state index in [0.29, 0.717) is 30.5 Å². The Morgan fingerprint density at radius 2 is 1.77 bits per heavy atom. The van der Waals surface area contributed by atoms with Gasteiger partial charge in [-0.15, -0.1) is 0 Å². The second kappa shape index (κ2) is 7.57. The highest BCUT2D eigenvalue weighted by Crippen LogP contribution is 2.36. The Balaban J connectivity index is 1.77. The normalized spacial score (nSPS) is 19.8. The number of piperidine rings is 1. The first-order valence-corrected chi connectivity index (χ1v) is 9.54. The molecule has 6 heteroatoms.